The number of fused-ring (bicyclic) bond motifs is 1. The SMILES string of the molecule is COCCCCn1c(C(C)Cl)nc2cc(C)cnc21. The maximum Gasteiger partial charge on any atom is 0.160 e. The second kappa shape index (κ2) is 6.35. The molecule has 2 aromatic heterocycles. The van der Waals surface area contributed by atoms with E-state index >= 15 is 0 Å². The van der Waals surface area contributed by atoms with Crippen LogP contribution >= 0.6 is 11.6 Å². The minimum atomic E-state index is -0.114. The number of halogens is 1. The van der Waals surface area contributed by atoms with Gasteiger partial charge in [0.05, 0.1) is 5.38 Å². The van der Waals surface area contributed by atoms with Crippen molar-refractivity contribution in [3.05, 3.63) is 23.7 Å². The molecule has 0 aliphatic rings. The third-order valence-electron chi connectivity index (χ3n) is 3.09. The highest BCUT2D eigenvalue weighted by Crippen LogP contribution is 2.24. The number of aryl methyl sites for hydroxylation is 2. The lowest BCUT2D eigenvalue weighted by Gasteiger charge is -2.09. The molecule has 5 heteroatoms. The van der Waals surface area contributed by atoms with Crippen molar-refractivity contribution in [3.63, 3.8) is 0 Å². The molecule has 0 saturated carbocycles. The van der Waals surface area contributed by atoms with Crippen LogP contribution in [0, 0.1) is 6.92 Å². The first-order valence-corrected chi connectivity index (χ1v) is 7.03. The number of methoxy groups -OCH3 is 1. The van der Waals surface area contributed by atoms with Crippen LogP contribution in [0.1, 0.15) is 36.5 Å². The average Bonchev–Trinajstić information content (AvgIpc) is 2.72. The Morgan fingerprint density at radius 3 is 2.89 bits per heavy atom. The molecule has 0 N–H and O–H groups in total. The number of rotatable bonds is 6. The molecule has 2 aromatic rings. The van der Waals surface area contributed by atoms with Gasteiger partial charge in [-0.3, -0.25) is 0 Å². The van der Waals surface area contributed by atoms with Crippen LogP contribution in [0.25, 0.3) is 11.2 Å². The van der Waals surface area contributed by atoms with Crippen LogP contribution < -0.4 is 0 Å². The minimum absolute atomic E-state index is 0.114. The molecule has 0 fully saturated rings. The van der Waals surface area contributed by atoms with Crippen LogP contribution in [-0.4, -0.2) is 28.3 Å². The van der Waals surface area contributed by atoms with Crippen molar-refractivity contribution in [1.82, 2.24) is 14.5 Å². The fourth-order valence-corrected chi connectivity index (χ4v) is 2.34. The van der Waals surface area contributed by atoms with Gasteiger partial charge < -0.3 is 9.30 Å². The Kier molecular flexibility index (Phi) is 4.77. The van der Waals surface area contributed by atoms with Crippen molar-refractivity contribution < 1.29 is 4.74 Å². The standard InChI is InChI=1S/C14H20ClN3O/c1-10-8-12-14(16-9-10)18(6-4-5-7-19-3)13(17-12)11(2)15/h8-9,11H,4-7H2,1-3H3. The molecule has 0 aliphatic carbocycles. The van der Waals surface area contributed by atoms with Gasteiger partial charge in [-0.1, -0.05) is 0 Å². The molecule has 0 saturated heterocycles. The van der Waals surface area contributed by atoms with E-state index < -0.39 is 0 Å². The van der Waals surface area contributed by atoms with Crippen molar-refractivity contribution in [2.24, 2.45) is 0 Å². The Morgan fingerprint density at radius 2 is 2.21 bits per heavy atom. The lowest BCUT2D eigenvalue weighted by molar-refractivity contribution is 0.191. The predicted octanol–water partition coefficient (Wildman–Crippen LogP) is 3.47. The van der Waals surface area contributed by atoms with Crippen molar-refractivity contribution in [3.8, 4) is 0 Å². The van der Waals surface area contributed by atoms with Gasteiger partial charge in [0.25, 0.3) is 0 Å². The van der Waals surface area contributed by atoms with Crippen molar-refractivity contribution >= 4 is 22.8 Å². The summed E-state index contributed by atoms with van der Waals surface area (Å²) in [5.41, 5.74) is 2.96. The van der Waals surface area contributed by atoms with Gasteiger partial charge in [0, 0.05) is 26.5 Å². The van der Waals surface area contributed by atoms with Gasteiger partial charge in [-0.15, -0.1) is 11.6 Å². The maximum absolute atomic E-state index is 6.22. The Labute approximate surface area is 118 Å². The monoisotopic (exact) mass is 281 g/mol. The summed E-state index contributed by atoms with van der Waals surface area (Å²) in [6.07, 6.45) is 3.93. The molecular formula is C14H20ClN3O. The van der Waals surface area contributed by atoms with E-state index in [9.17, 15) is 0 Å². The van der Waals surface area contributed by atoms with Crippen LogP contribution in [0.15, 0.2) is 12.3 Å². The first kappa shape index (κ1) is 14.3. The molecule has 1 unspecified atom stereocenters. The summed E-state index contributed by atoms with van der Waals surface area (Å²) in [5.74, 6) is 0.896. The zero-order chi connectivity index (χ0) is 13.8. The predicted molar refractivity (Wildman–Crippen MR) is 77.6 cm³/mol. The van der Waals surface area contributed by atoms with Crippen LogP contribution in [-0.2, 0) is 11.3 Å². The fraction of sp³-hybridized carbons (Fsp3) is 0.571. The van der Waals surface area contributed by atoms with Gasteiger partial charge in [0.2, 0.25) is 0 Å². The Morgan fingerprint density at radius 1 is 1.42 bits per heavy atom. The number of ether oxygens (including phenoxy) is 1. The Bertz CT molecular complexity index is 551. The highest BCUT2D eigenvalue weighted by molar-refractivity contribution is 6.20. The summed E-state index contributed by atoms with van der Waals surface area (Å²) in [6.45, 7) is 5.63. The number of aromatic nitrogens is 3. The normalized spacial score (nSPS) is 13.1. The minimum Gasteiger partial charge on any atom is -0.385 e. The second-order valence-corrected chi connectivity index (χ2v) is 5.45. The second-order valence-electron chi connectivity index (χ2n) is 4.79. The fourth-order valence-electron chi connectivity index (χ4n) is 2.17. The van der Waals surface area contributed by atoms with Gasteiger partial charge in [0.15, 0.2) is 5.65 Å². The largest absolute Gasteiger partial charge is 0.385 e. The molecule has 2 heterocycles. The first-order chi connectivity index (χ1) is 9.13. The quantitative estimate of drug-likeness (QED) is 0.601. The van der Waals surface area contributed by atoms with Crippen LogP contribution in [0.2, 0.25) is 0 Å². The highest BCUT2D eigenvalue weighted by Gasteiger charge is 2.15. The van der Waals surface area contributed by atoms with E-state index in [-0.39, 0.29) is 5.38 Å². The molecule has 0 bridgehead atoms. The molecule has 0 radical (unpaired) electrons. The summed E-state index contributed by atoms with van der Waals surface area (Å²) in [5, 5.41) is -0.114. The number of pyridine rings is 1. The van der Waals surface area contributed by atoms with E-state index in [1.54, 1.807) is 7.11 Å². The topological polar surface area (TPSA) is 39.9 Å². The smallest absolute Gasteiger partial charge is 0.160 e. The van der Waals surface area contributed by atoms with E-state index in [2.05, 4.69) is 20.6 Å². The molecule has 19 heavy (non-hydrogen) atoms. The number of nitrogens with zero attached hydrogens (tertiary/aromatic N) is 3. The van der Waals surface area contributed by atoms with E-state index in [0.717, 1.165) is 48.5 Å². The number of hydrogen-bond acceptors (Lipinski definition) is 3. The molecular weight excluding hydrogens is 262 g/mol. The Hall–Kier alpha value is -1.13. The number of imidazole rings is 1. The van der Waals surface area contributed by atoms with Gasteiger partial charge >= 0.3 is 0 Å². The first-order valence-electron chi connectivity index (χ1n) is 6.59. The lowest BCUT2D eigenvalue weighted by Crippen LogP contribution is -2.06. The molecule has 0 aliphatic heterocycles. The molecule has 0 amide bonds. The number of hydrogen-bond donors (Lipinski definition) is 0. The molecule has 4 nitrogen and oxygen atoms in total. The van der Waals surface area contributed by atoms with Gasteiger partial charge in [-0.2, -0.15) is 0 Å². The van der Waals surface area contributed by atoms with E-state index in [0.29, 0.717) is 0 Å². The molecule has 0 aromatic carbocycles. The van der Waals surface area contributed by atoms with Crippen molar-refractivity contribution in [2.45, 2.75) is 38.6 Å². The summed E-state index contributed by atoms with van der Waals surface area (Å²) >= 11 is 6.22. The van der Waals surface area contributed by atoms with Gasteiger partial charge in [-0.25, -0.2) is 9.97 Å². The van der Waals surface area contributed by atoms with Gasteiger partial charge in [-0.05, 0) is 38.3 Å². The average molecular weight is 282 g/mol. The number of alkyl halides is 1. The molecule has 1 atom stereocenters. The third-order valence-corrected chi connectivity index (χ3v) is 3.28. The Balaban J connectivity index is 2.30. The van der Waals surface area contributed by atoms with Crippen LogP contribution in [0.3, 0.4) is 0 Å². The zero-order valence-electron chi connectivity index (χ0n) is 11.7. The van der Waals surface area contributed by atoms with E-state index in [1.165, 1.54) is 0 Å². The third kappa shape index (κ3) is 3.25. The highest BCUT2D eigenvalue weighted by atomic mass is 35.5. The number of unbranched alkanes of at least 4 members (excludes halogenated alkanes) is 1. The molecule has 0 spiro atoms. The lowest BCUT2D eigenvalue weighted by atomic mass is 10.3. The van der Waals surface area contributed by atoms with E-state index in [4.69, 9.17) is 16.3 Å². The van der Waals surface area contributed by atoms with Crippen LogP contribution in [0.5, 0.6) is 0 Å². The summed E-state index contributed by atoms with van der Waals surface area (Å²) < 4.78 is 7.20. The summed E-state index contributed by atoms with van der Waals surface area (Å²) in [7, 11) is 1.73. The zero-order valence-corrected chi connectivity index (χ0v) is 12.4. The summed E-state index contributed by atoms with van der Waals surface area (Å²) in [6, 6.07) is 2.05. The van der Waals surface area contributed by atoms with Gasteiger partial charge in [0.1, 0.15) is 11.3 Å². The van der Waals surface area contributed by atoms with Crippen molar-refractivity contribution in [1.29, 1.82) is 0 Å². The maximum atomic E-state index is 6.22. The summed E-state index contributed by atoms with van der Waals surface area (Å²) in [4.78, 5) is 9.10. The van der Waals surface area contributed by atoms with Crippen LogP contribution in [0.4, 0.5) is 0 Å². The van der Waals surface area contributed by atoms with Crippen molar-refractivity contribution in [2.75, 3.05) is 13.7 Å². The molecule has 104 valence electrons. The van der Waals surface area contributed by atoms with E-state index in [1.807, 2.05) is 20.0 Å². The molecule has 2 rings (SSSR count).